The first-order chi connectivity index (χ1) is 21.3. The lowest BCUT2D eigenvalue weighted by atomic mass is 9.84. The molecular weight excluding hydrogens is 572 g/mol. The standard InChI is InChI=1S/C35H38N4O4S/c1-24-37-30(23-44-24)22-38(2)34(42)28-15-9-14-27(19-28)31(40)20-29(18-25-10-5-3-6-11-25)33(41)32-35(43)39(17-16-36-32)21-26-12-7-4-8-13-26/h3-15,19,23,29,32-33,36,41H,16-18,20-22H2,1-2H3/t29-,32?,33+/m1/s1. The van der Waals surface area contributed by atoms with Crippen LogP contribution in [0.1, 0.15) is 49.0 Å². The molecule has 0 bridgehead atoms. The summed E-state index contributed by atoms with van der Waals surface area (Å²) in [6.45, 7) is 3.84. The minimum atomic E-state index is -1.09. The van der Waals surface area contributed by atoms with E-state index in [-0.39, 0.29) is 24.0 Å². The number of amides is 2. The summed E-state index contributed by atoms with van der Waals surface area (Å²) >= 11 is 1.54. The summed E-state index contributed by atoms with van der Waals surface area (Å²) in [5, 5.41) is 17.8. The second-order valence-corrected chi connectivity index (χ2v) is 12.4. The topological polar surface area (TPSA) is 103 Å². The van der Waals surface area contributed by atoms with Gasteiger partial charge in [0.1, 0.15) is 6.04 Å². The van der Waals surface area contributed by atoms with E-state index in [1.165, 1.54) is 11.3 Å². The maximum absolute atomic E-state index is 13.7. The Morgan fingerprint density at radius 1 is 1.02 bits per heavy atom. The quantitative estimate of drug-likeness (QED) is 0.229. The van der Waals surface area contributed by atoms with Crippen LogP contribution in [-0.4, -0.2) is 69.8 Å². The van der Waals surface area contributed by atoms with E-state index >= 15 is 0 Å². The van der Waals surface area contributed by atoms with Crippen LogP contribution < -0.4 is 5.32 Å². The number of rotatable bonds is 12. The van der Waals surface area contributed by atoms with Crippen molar-refractivity contribution < 1.29 is 19.5 Å². The van der Waals surface area contributed by atoms with Crippen LogP contribution in [0.15, 0.2) is 90.3 Å². The van der Waals surface area contributed by atoms with Crippen molar-refractivity contribution in [1.29, 1.82) is 0 Å². The lowest BCUT2D eigenvalue weighted by molar-refractivity contribution is -0.140. The molecule has 2 heterocycles. The first-order valence-electron chi connectivity index (χ1n) is 14.9. The number of hydrogen-bond acceptors (Lipinski definition) is 7. The van der Waals surface area contributed by atoms with Crippen LogP contribution in [0, 0.1) is 12.8 Å². The van der Waals surface area contributed by atoms with E-state index in [9.17, 15) is 19.5 Å². The molecule has 3 atom stereocenters. The van der Waals surface area contributed by atoms with Gasteiger partial charge in [-0.15, -0.1) is 11.3 Å². The number of ketones is 1. The number of carbonyl (C=O) groups excluding carboxylic acids is 3. The fraction of sp³-hybridized carbons (Fsp3) is 0.314. The van der Waals surface area contributed by atoms with Gasteiger partial charge in [-0.05, 0) is 42.5 Å². The minimum Gasteiger partial charge on any atom is -0.391 e. The zero-order valence-corrected chi connectivity index (χ0v) is 25.9. The largest absolute Gasteiger partial charge is 0.391 e. The normalized spacial score (nSPS) is 16.4. The van der Waals surface area contributed by atoms with Crippen molar-refractivity contribution in [1.82, 2.24) is 20.1 Å². The van der Waals surface area contributed by atoms with Gasteiger partial charge in [0, 0.05) is 49.6 Å². The highest BCUT2D eigenvalue weighted by atomic mass is 32.1. The molecule has 44 heavy (non-hydrogen) atoms. The highest BCUT2D eigenvalue weighted by molar-refractivity contribution is 7.09. The number of hydrogen-bond donors (Lipinski definition) is 2. The lowest BCUT2D eigenvalue weighted by Gasteiger charge is -2.38. The lowest BCUT2D eigenvalue weighted by Crippen LogP contribution is -2.60. The summed E-state index contributed by atoms with van der Waals surface area (Å²) < 4.78 is 0. The van der Waals surface area contributed by atoms with E-state index in [2.05, 4.69) is 10.3 Å². The van der Waals surface area contributed by atoms with Crippen molar-refractivity contribution in [2.24, 2.45) is 5.92 Å². The SMILES string of the molecule is Cc1nc(CN(C)C(=O)c2cccc(C(=O)C[C@@H](Cc3ccccc3)[C@H](O)C3NCCN(Cc4ccccc4)C3=O)c2)cs1. The van der Waals surface area contributed by atoms with Crippen LogP contribution in [0.5, 0.6) is 0 Å². The molecule has 1 saturated heterocycles. The minimum absolute atomic E-state index is 0.0196. The molecule has 2 amide bonds. The third-order valence-electron chi connectivity index (χ3n) is 8.00. The molecule has 5 rings (SSSR count). The average molecular weight is 611 g/mol. The molecule has 228 valence electrons. The Kier molecular flexibility index (Phi) is 10.3. The van der Waals surface area contributed by atoms with Crippen LogP contribution in [0.4, 0.5) is 0 Å². The van der Waals surface area contributed by atoms with E-state index in [1.807, 2.05) is 73.0 Å². The zero-order chi connectivity index (χ0) is 31.1. The van der Waals surface area contributed by atoms with Crippen molar-refractivity contribution in [2.75, 3.05) is 20.1 Å². The Morgan fingerprint density at radius 2 is 1.70 bits per heavy atom. The van der Waals surface area contributed by atoms with E-state index in [4.69, 9.17) is 0 Å². The molecule has 0 saturated carbocycles. The third kappa shape index (κ3) is 7.85. The molecule has 2 N–H and O–H groups in total. The van der Waals surface area contributed by atoms with Crippen molar-refractivity contribution in [3.63, 3.8) is 0 Å². The molecule has 1 aliphatic rings. The molecular formula is C35H38N4O4S. The monoisotopic (exact) mass is 610 g/mol. The van der Waals surface area contributed by atoms with Gasteiger partial charge in [-0.2, -0.15) is 0 Å². The van der Waals surface area contributed by atoms with Gasteiger partial charge in [-0.3, -0.25) is 14.4 Å². The number of thiazole rings is 1. The van der Waals surface area contributed by atoms with Crippen molar-refractivity contribution in [2.45, 2.75) is 45.0 Å². The Morgan fingerprint density at radius 3 is 2.39 bits per heavy atom. The van der Waals surface area contributed by atoms with Crippen molar-refractivity contribution in [3.05, 3.63) is 123 Å². The fourth-order valence-electron chi connectivity index (χ4n) is 5.68. The molecule has 3 aromatic carbocycles. The predicted molar refractivity (Wildman–Crippen MR) is 171 cm³/mol. The summed E-state index contributed by atoms with van der Waals surface area (Å²) in [6.07, 6.45) is -0.652. The van der Waals surface area contributed by atoms with Crippen molar-refractivity contribution in [3.8, 4) is 0 Å². The molecule has 1 unspecified atom stereocenters. The van der Waals surface area contributed by atoms with Crippen LogP contribution in [-0.2, 0) is 24.3 Å². The number of carbonyl (C=O) groups is 3. The number of benzene rings is 3. The van der Waals surface area contributed by atoms with E-state index in [0.29, 0.717) is 43.7 Å². The first kappa shape index (κ1) is 31.3. The summed E-state index contributed by atoms with van der Waals surface area (Å²) in [5.74, 6) is -1.11. The summed E-state index contributed by atoms with van der Waals surface area (Å²) in [4.78, 5) is 48.3. The Bertz CT molecular complexity index is 1580. The van der Waals surface area contributed by atoms with Gasteiger partial charge in [-0.1, -0.05) is 72.8 Å². The van der Waals surface area contributed by atoms with E-state index in [1.54, 1.807) is 41.1 Å². The number of piperazine rings is 1. The molecule has 1 fully saturated rings. The van der Waals surface area contributed by atoms with Crippen LogP contribution in [0.25, 0.3) is 0 Å². The molecule has 1 aliphatic heterocycles. The molecule has 0 radical (unpaired) electrons. The molecule has 4 aromatic rings. The Labute approximate surface area is 262 Å². The second-order valence-electron chi connectivity index (χ2n) is 11.3. The van der Waals surface area contributed by atoms with E-state index in [0.717, 1.165) is 21.8 Å². The van der Waals surface area contributed by atoms with Crippen molar-refractivity contribution >= 4 is 28.9 Å². The van der Waals surface area contributed by atoms with Crippen LogP contribution >= 0.6 is 11.3 Å². The smallest absolute Gasteiger partial charge is 0.253 e. The zero-order valence-electron chi connectivity index (χ0n) is 25.1. The third-order valence-corrected chi connectivity index (χ3v) is 8.82. The molecule has 1 aromatic heterocycles. The number of aliphatic hydroxyl groups excluding tert-OH is 1. The van der Waals surface area contributed by atoms with Crippen LogP contribution in [0.2, 0.25) is 0 Å². The van der Waals surface area contributed by atoms with Gasteiger partial charge >= 0.3 is 0 Å². The fourth-order valence-corrected chi connectivity index (χ4v) is 6.28. The predicted octanol–water partition coefficient (Wildman–Crippen LogP) is 4.52. The van der Waals surface area contributed by atoms with E-state index < -0.39 is 18.1 Å². The van der Waals surface area contributed by atoms with Gasteiger partial charge in [0.15, 0.2) is 5.78 Å². The molecule has 9 heteroatoms. The number of aromatic nitrogens is 1. The second kappa shape index (κ2) is 14.5. The Hall–Kier alpha value is -4.18. The number of nitrogens with zero attached hydrogens (tertiary/aromatic N) is 3. The highest BCUT2D eigenvalue weighted by Crippen LogP contribution is 2.24. The number of aryl methyl sites for hydroxylation is 1. The van der Waals surface area contributed by atoms with Crippen LogP contribution in [0.3, 0.4) is 0 Å². The number of Topliss-reactive ketones (excluding diaryl/α,β-unsaturated/α-hetero) is 1. The molecule has 8 nitrogen and oxygen atoms in total. The highest BCUT2D eigenvalue weighted by Gasteiger charge is 2.38. The maximum atomic E-state index is 13.7. The molecule has 0 spiro atoms. The van der Waals surface area contributed by atoms with Gasteiger partial charge < -0.3 is 20.2 Å². The summed E-state index contributed by atoms with van der Waals surface area (Å²) in [5.41, 5.74) is 3.62. The number of nitrogens with one attached hydrogen (secondary N) is 1. The Balaban J connectivity index is 1.32. The summed E-state index contributed by atoms with van der Waals surface area (Å²) in [7, 11) is 1.72. The maximum Gasteiger partial charge on any atom is 0.253 e. The van der Waals surface area contributed by atoms with Gasteiger partial charge in [0.2, 0.25) is 5.91 Å². The average Bonchev–Trinajstić information content (AvgIpc) is 3.46. The van der Waals surface area contributed by atoms with Gasteiger partial charge in [0.25, 0.3) is 5.91 Å². The molecule has 0 aliphatic carbocycles. The number of aliphatic hydroxyl groups is 1. The first-order valence-corrected chi connectivity index (χ1v) is 15.7. The van der Waals surface area contributed by atoms with Gasteiger partial charge in [-0.25, -0.2) is 4.98 Å². The summed E-state index contributed by atoms with van der Waals surface area (Å²) in [6, 6.07) is 25.4. The van der Waals surface area contributed by atoms with Gasteiger partial charge in [0.05, 0.1) is 23.4 Å².